The summed E-state index contributed by atoms with van der Waals surface area (Å²) in [7, 11) is 0. The summed E-state index contributed by atoms with van der Waals surface area (Å²) in [4.78, 5) is 12.4. The van der Waals surface area contributed by atoms with Gasteiger partial charge in [0, 0.05) is 17.0 Å². The van der Waals surface area contributed by atoms with Crippen LogP contribution in [-0.4, -0.2) is 11.9 Å². The third kappa shape index (κ3) is 3.85. The monoisotopic (exact) mass is 390 g/mol. The maximum atomic E-state index is 13.0. The molecule has 0 aliphatic heterocycles. The molecule has 0 saturated carbocycles. The van der Waals surface area contributed by atoms with E-state index in [4.69, 9.17) is 9.15 Å². The predicted molar refractivity (Wildman–Crippen MR) is 96.4 cm³/mol. The van der Waals surface area contributed by atoms with Crippen LogP contribution in [0.2, 0.25) is 0 Å². The van der Waals surface area contributed by atoms with Gasteiger partial charge in [-0.05, 0) is 55.3 Å². The molecule has 0 bridgehead atoms. The van der Waals surface area contributed by atoms with Gasteiger partial charge in [0.05, 0.1) is 12.0 Å². The molecule has 0 aliphatic carbocycles. The molecule has 24 heavy (non-hydrogen) atoms. The summed E-state index contributed by atoms with van der Waals surface area (Å²) in [5.41, 5.74) is 0.988. The molecule has 0 saturated heterocycles. The normalized spacial score (nSPS) is 10.9. The van der Waals surface area contributed by atoms with E-state index >= 15 is 0 Å². The summed E-state index contributed by atoms with van der Waals surface area (Å²) in [6.45, 7) is 0.607. The summed E-state index contributed by atoms with van der Waals surface area (Å²) in [6, 6.07) is 12.5. The maximum Gasteiger partial charge on any atom is 0.193 e. The molecule has 124 valence electrons. The van der Waals surface area contributed by atoms with Crippen LogP contribution in [0.5, 0.6) is 5.75 Å². The van der Waals surface area contributed by atoms with Gasteiger partial charge < -0.3 is 9.15 Å². The van der Waals surface area contributed by atoms with Crippen molar-refractivity contribution in [3.63, 3.8) is 0 Å². The first-order valence-corrected chi connectivity index (χ1v) is 8.82. The van der Waals surface area contributed by atoms with Crippen molar-refractivity contribution < 1.29 is 13.5 Å². The first-order chi connectivity index (χ1) is 11.7. The molecule has 3 rings (SSSR count). The highest BCUT2D eigenvalue weighted by atomic mass is 79.9. The Balaban J connectivity index is 1.89. The zero-order chi connectivity index (χ0) is 16.9. The second-order valence-electron chi connectivity index (χ2n) is 5.38. The van der Waals surface area contributed by atoms with Crippen LogP contribution in [-0.2, 0) is 0 Å². The van der Waals surface area contributed by atoms with Crippen molar-refractivity contribution in [2.75, 3.05) is 11.9 Å². The molecular formula is C19H16BrFO3. The second kappa shape index (κ2) is 7.62. The fourth-order valence-corrected chi connectivity index (χ4v) is 2.76. The largest absolute Gasteiger partial charge is 0.494 e. The molecule has 0 aliphatic rings. The van der Waals surface area contributed by atoms with E-state index in [0.717, 1.165) is 18.2 Å². The van der Waals surface area contributed by atoms with E-state index in [1.807, 2.05) is 0 Å². The van der Waals surface area contributed by atoms with Crippen LogP contribution >= 0.6 is 15.9 Å². The lowest BCUT2D eigenvalue weighted by molar-refractivity contribution is 0.310. The Morgan fingerprint density at radius 3 is 2.58 bits per heavy atom. The number of benzene rings is 2. The number of halogens is 2. The minimum absolute atomic E-state index is 0.151. The summed E-state index contributed by atoms with van der Waals surface area (Å²) >= 11 is 3.38. The van der Waals surface area contributed by atoms with Gasteiger partial charge in [0.25, 0.3) is 0 Å². The third-order valence-electron chi connectivity index (χ3n) is 3.62. The van der Waals surface area contributed by atoms with Crippen molar-refractivity contribution in [1.29, 1.82) is 0 Å². The first kappa shape index (κ1) is 16.7. The SMILES string of the molecule is O=c1cc(-c2ccc(F)cc2)oc2ccc(OCCCCBr)cc12. The van der Waals surface area contributed by atoms with Crippen molar-refractivity contribution in [2.24, 2.45) is 0 Å². The van der Waals surface area contributed by atoms with E-state index < -0.39 is 0 Å². The topological polar surface area (TPSA) is 39.4 Å². The lowest BCUT2D eigenvalue weighted by Crippen LogP contribution is -2.02. The molecule has 0 spiro atoms. The van der Waals surface area contributed by atoms with Crippen molar-refractivity contribution in [3.05, 3.63) is 64.6 Å². The third-order valence-corrected chi connectivity index (χ3v) is 4.18. The summed E-state index contributed by atoms with van der Waals surface area (Å²) in [5, 5.41) is 1.42. The van der Waals surface area contributed by atoms with Crippen molar-refractivity contribution in [2.45, 2.75) is 12.8 Å². The van der Waals surface area contributed by atoms with Crippen LogP contribution in [0.3, 0.4) is 0 Å². The molecule has 3 aromatic rings. The zero-order valence-corrected chi connectivity index (χ0v) is 14.5. The van der Waals surface area contributed by atoms with E-state index in [9.17, 15) is 9.18 Å². The van der Waals surface area contributed by atoms with Crippen LogP contribution < -0.4 is 10.2 Å². The lowest BCUT2D eigenvalue weighted by atomic mass is 10.1. The molecule has 0 atom stereocenters. The fourth-order valence-electron chi connectivity index (χ4n) is 2.37. The van der Waals surface area contributed by atoms with Crippen LogP contribution in [0.15, 0.2) is 57.7 Å². The van der Waals surface area contributed by atoms with E-state index in [1.165, 1.54) is 18.2 Å². The molecule has 0 fully saturated rings. The molecular weight excluding hydrogens is 375 g/mol. The number of hydrogen-bond acceptors (Lipinski definition) is 3. The Morgan fingerprint density at radius 2 is 1.83 bits per heavy atom. The molecule has 1 heterocycles. The van der Waals surface area contributed by atoms with Gasteiger partial charge in [0.1, 0.15) is 22.9 Å². The number of alkyl halides is 1. The molecule has 0 unspecified atom stereocenters. The number of rotatable bonds is 6. The first-order valence-electron chi connectivity index (χ1n) is 7.70. The highest BCUT2D eigenvalue weighted by molar-refractivity contribution is 9.09. The minimum atomic E-state index is -0.330. The number of ether oxygens (including phenoxy) is 1. The molecule has 0 amide bonds. The Kier molecular flexibility index (Phi) is 5.30. The maximum absolute atomic E-state index is 13.0. The molecule has 0 N–H and O–H groups in total. The van der Waals surface area contributed by atoms with Gasteiger partial charge in [-0.25, -0.2) is 4.39 Å². The van der Waals surface area contributed by atoms with Crippen LogP contribution in [0.4, 0.5) is 4.39 Å². The van der Waals surface area contributed by atoms with Gasteiger partial charge in [-0.1, -0.05) is 15.9 Å². The van der Waals surface area contributed by atoms with E-state index in [1.54, 1.807) is 30.3 Å². The van der Waals surface area contributed by atoms with Gasteiger partial charge in [0.2, 0.25) is 0 Å². The Bertz CT molecular complexity index is 887. The molecule has 1 aromatic heterocycles. The predicted octanol–water partition coefficient (Wildman–Crippen LogP) is 5.15. The number of hydrogen-bond donors (Lipinski definition) is 0. The van der Waals surface area contributed by atoms with Crippen molar-refractivity contribution >= 4 is 26.9 Å². The van der Waals surface area contributed by atoms with E-state index in [2.05, 4.69) is 15.9 Å². The Morgan fingerprint density at radius 1 is 1.04 bits per heavy atom. The average Bonchev–Trinajstić information content (AvgIpc) is 2.59. The van der Waals surface area contributed by atoms with Gasteiger partial charge in [-0.15, -0.1) is 0 Å². The molecule has 2 aromatic carbocycles. The van der Waals surface area contributed by atoms with E-state index in [-0.39, 0.29) is 11.2 Å². The highest BCUT2D eigenvalue weighted by Crippen LogP contribution is 2.25. The Hall–Kier alpha value is -2.14. The van der Waals surface area contributed by atoms with Gasteiger partial charge in [-0.2, -0.15) is 0 Å². The molecule has 0 radical (unpaired) electrons. The number of unbranched alkanes of at least 4 members (excludes halogenated alkanes) is 1. The standard InChI is InChI=1S/C19H16BrFO3/c20-9-1-2-10-23-15-7-8-18-16(11-15)17(22)12-19(24-18)13-3-5-14(21)6-4-13/h3-8,11-12H,1-2,9-10H2. The quantitative estimate of drug-likeness (QED) is 0.431. The molecule has 3 nitrogen and oxygen atoms in total. The fraction of sp³-hybridized carbons (Fsp3) is 0.211. The summed E-state index contributed by atoms with van der Waals surface area (Å²) in [6.07, 6.45) is 1.98. The van der Waals surface area contributed by atoms with Gasteiger partial charge >= 0.3 is 0 Å². The van der Waals surface area contributed by atoms with Crippen molar-refractivity contribution in [3.8, 4) is 17.1 Å². The lowest BCUT2D eigenvalue weighted by Gasteiger charge is -2.07. The average molecular weight is 391 g/mol. The minimum Gasteiger partial charge on any atom is -0.494 e. The van der Waals surface area contributed by atoms with E-state index in [0.29, 0.717) is 34.6 Å². The number of fused-ring (bicyclic) bond motifs is 1. The second-order valence-corrected chi connectivity index (χ2v) is 6.18. The smallest absolute Gasteiger partial charge is 0.193 e. The van der Waals surface area contributed by atoms with Gasteiger partial charge in [0.15, 0.2) is 5.43 Å². The van der Waals surface area contributed by atoms with Crippen LogP contribution in [0.25, 0.3) is 22.3 Å². The summed E-state index contributed by atoms with van der Waals surface area (Å²) in [5.74, 6) is 0.737. The van der Waals surface area contributed by atoms with Crippen LogP contribution in [0, 0.1) is 5.82 Å². The molecule has 5 heteroatoms. The van der Waals surface area contributed by atoms with Crippen LogP contribution in [0.1, 0.15) is 12.8 Å². The zero-order valence-electron chi connectivity index (χ0n) is 12.9. The van der Waals surface area contributed by atoms with Crippen molar-refractivity contribution in [1.82, 2.24) is 0 Å². The highest BCUT2D eigenvalue weighted by Gasteiger charge is 2.08. The Labute approximate surface area is 147 Å². The summed E-state index contributed by atoms with van der Waals surface area (Å²) < 4.78 is 24.5. The van der Waals surface area contributed by atoms with Gasteiger partial charge in [-0.3, -0.25) is 4.79 Å².